The average molecular weight is 286 g/mol. The number of hydrogen-bond acceptors (Lipinski definition) is 2. The molecule has 0 spiro atoms. The van der Waals surface area contributed by atoms with Crippen LogP contribution in [0.3, 0.4) is 0 Å². The van der Waals surface area contributed by atoms with E-state index < -0.39 is 0 Å². The third-order valence-corrected chi connectivity index (χ3v) is 5.25. The molecule has 0 bridgehead atoms. The van der Waals surface area contributed by atoms with Crippen LogP contribution in [0.4, 0.5) is 0 Å². The highest BCUT2D eigenvalue weighted by molar-refractivity contribution is 5.25. The maximum absolute atomic E-state index is 3.85. The summed E-state index contributed by atoms with van der Waals surface area (Å²) in [7, 11) is 0. The zero-order valence-electron chi connectivity index (χ0n) is 14.0. The van der Waals surface area contributed by atoms with Crippen molar-refractivity contribution in [1.82, 2.24) is 10.2 Å². The molecule has 2 unspecified atom stereocenters. The molecule has 1 aliphatic carbocycles. The van der Waals surface area contributed by atoms with Gasteiger partial charge in [0.1, 0.15) is 0 Å². The molecule has 0 radical (unpaired) electrons. The normalized spacial score (nSPS) is 31.3. The molecule has 2 heteroatoms. The Morgan fingerprint density at radius 2 is 1.86 bits per heavy atom. The van der Waals surface area contributed by atoms with E-state index in [1.165, 1.54) is 24.9 Å². The van der Waals surface area contributed by atoms with Gasteiger partial charge >= 0.3 is 0 Å². The summed E-state index contributed by atoms with van der Waals surface area (Å²) in [5, 5.41) is 3.85. The van der Waals surface area contributed by atoms with Crippen LogP contribution in [0.5, 0.6) is 0 Å². The topological polar surface area (TPSA) is 15.3 Å². The molecular weight excluding hydrogens is 256 g/mol. The van der Waals surface area contributed by atoms with Crippen LogP contribution in [-0.2, 0) is 5.54 Å². The van der Waals surface area contributed by atoms with Crippen LogP contribution >= 0.6 is 0 Å². The lowest BCUT2D eigenvalue weighted by atomic mass is 9.80. The summed E-state index contributed by atoms with van der Waals surface area (Å²) in [4.78, 5) is 2.77. The maximum atomic E-state index is 3.85. The number of rotatable bonds is 3. The van der Waals surface area contributed by atoms with E-state index in [2.05, 4.69) is 68.2 Å². The van der Waals surface area contributed by atoms with E-state index in [-0.39, 0.29) is 5.54 Å². The Balaban J connectivity index is 1.81. The van der Waals surface area contributed by atoms with Crippen LogP contribution in [0.1, 0.15) is 46.1 Å². The number of benzene rings is 1. The van der Waals surface area contributed by atoms with Crippen molar-refractivity contribution in [1.29, 1.82) is 0 Å². The Bertz CT molecular complexity index is 472. The van der Waals surface area contributed by atoms with Gasteiger partial charge in [0.15, 0.2) is 0 Å². The third kappa shape index (κ3) is 3.32. The predicted molar refractivity (Wildman–Crippen MR) is 89.3 cm³/mol. The van der Waals surface area contributed by atoms with Gasteiger partial charge in [-0.15, -0.1) is 0 Å². The highest BCUT2D eigenvalue weighted by Gasteiger charge is 2.42. The van der Waals surface area contributed by atoms with E-state index in [9.17, 15) is 0 Å². The van der Waals surface area contributed by atoms with Gasteiger partial charge < -0.3 is 5.32 Å². The minimum atomic E-state index is 0.0812. The van der Waals surface area contributed by atoms with Crippen molar-refractivity contribution in [3.63, 3.8) is 0 Å². The van der Waals surface area contributed by atoms with Crippen molar-refractivity contribution in [2.24, 2.45) is 11.3 Å². The van der Waals surface area contributed by atoms with Gasteiger partial charge in [-0.25, -0.2) is 0 Å². The second-order valence-corrected chi connectivity index (χ2v) is 8.33. The van der Waals surface area contributed by atoms with Crippen LogP contribution in [-0.4, -0.2) is 30.6 Å². The Morgan fingerprint density at radius 1 is 1.19 bits per heavy atom. The van der Waals surface area contributed by atoms with E-state index in [1.54, 1.807) is 0 Å². The molecule has 1 aromatic carbocycles. The van der Waals surface area contributed by atoms with Crippen molar-refractivity contribution < 1.29 is 0 Å². The summed E-state index contributed by atoms with van der Waals surface area (Å²) in [6, 6.07) is 11.6. The van der Waals surface area contributed by atoms with E-state index in [1.807, 2.05) is 0 Å². The van der Waals surface area contributed by atoms with Crippen molar-refractivity contribution >= 4 is 0 Å². The molecule has 2 aliphatic rings. The van der Waals surface area contributed by atoms with Gasteiger partial charge in [-0.05, 0) is 36.7 Å². The van der Waals surface area contributed by atoms with Gasteiger partial charge in [0.05, 0.1) is 5.54 Å². The number of hydrogen-bond donors (Lipinski definition) is 1. The number of nitrogens with zero attached hydrogens (tertiary/aromatic N) is 1. The van der Waals surface area contributed by atoms with Crippen molar-refractivity contribution in [3.05, 3.63) is 35.9 Å². The van der Waals surface area contributed by atoms with Crippen LogP contribution in [0.15, 0.2) is 30.3 Å². The molecule has 2 atom stereocenters. The van der Waals surface area contributed by atoms with Crippen LogP contribution < -0.4 is 5.32 Å². The fraction of sp³-hybridized carbons (Fsp3) is 0.684. The quantitative estimate of drug-likeness (QED) is 0.913. The summed E-state index contributed by atoms with van der Waals surface area (Å²) < 4.78 is 0. The molecule has 21 heavy (non-hydrogen) atoms. The first-order valence-electron chi connectivity index (χ1n) is 8.43. The minimum Gasteiger partial charge on any atom is -0.305 e. The van der Waals surface area contributed by atoms with Crippen molar-refractivity contribution in [2.45, 2.75) is 52.1 Å². The lowest BCUT2D eigenvalue weighted by molar-refractivity contribution is 0.0231. The Morgan fingerprint density at radius 3 is 2.43 bits per heavy atom. The van der Waals surface area contributed by atoms with E-state index >= 15 is 0 Å². The monoisotopic (exact) mass is 286 g/mol. The molecular formula is C19H30N2. The lowest BCUT2D eigenvalue weighted by Gasteiger charge is -2.51. The molecule has 0 amide bonds. The maximum Gasteiger partial charge on any atom is 0.0535 e. The molecule has 1 N–H and O–H groups in total. The number of piperazine rings is 1. The summed E-state index contributed by atoms with van der Waals surface area (Å²) in [5.74, 6) is 0.952. The van der Waals surface area contributed by atoms with Gasteiger partial charge in [-0.1, -0.05) is 51.1 Å². The van der Waals surface area contributed by atoms with E-state index in [0.29, 0.717) is 11.5 Å². The molecule has 1 aliphatic heterocycles. The van der Waals surface area contributed by atoms with Gasteiger partial charge in [-0.3, -0.25) is 4.90 Å². The third-order valence-electron chi connectivity index (χ3n) is 5.25. The first-order valence-corrected chi connectivity index (χ1v) is 8.43. The van der Waals surface area contributed by atoms with Gasteiger partial charge in [0.25, 0.3) is 0 Å². The minimum absolute atomic E-state index is 0.0812. The van der Waals surface area contributed by atoms with Gasteiger partial charge in [0.2, 0.25) is 0 Å². The first-order chi connectivity index (χ1) is 9.88. The SMILES string of the molecule is CC1(c2ccccc2)CN(CC2CC2)C(C(C)(C)C)CN1. The molecule has 1 heterocycles. The van der Waals surface area contributed by atoms with Crippen LogP contribution in [0.2, 0.25) is 0 Å². The Hall–Kier alpha value is -0.860. The fourth-order valence-corrected chi connectivity index (χ4v) is 3.70. The smallest absolute Gasteiger partial charge is 0.0535 e. The van der Waals surface area contributed by atoms with Crippen molar-refractivity contribution in [3.8, 4) is 0 Å². The molecule has 1 saturated heterocycles. The largest absolute Gasteiger partial charge is 0.305 e. The summed E-state index contributed by atoms with van der Waals surface area (Å²) >= 11 is 0. The van der Waals surface area contributed by atoms with Crippen LogP contribution in [0, 0.1) is 11.3 Å². The summed E-state index contributed by atoms with van der Waals surface area (Å²) in [5.41, 5.74) is 1.83. The van der Waals surface area contributed by atoms with E-state index in [4.69, 9.17) is 0 Å². The fourth-order valence-electron chi connectivity index (χ4n) is 3.70. The zero-order valence-corrected chi connectivity index (χ0v) is 14.0. The van der Waals surface area contributed by atoms with Gasteiger partial charge in [-0.2, -0.15) is 0 Å². The molecule has 1 saturated carbocycles. The second kappa shape index (κ2) is 5.40. The van der Waals surface area contributed by atoms with E-state index in [0.717, 1.165) is 19.0 Å². The molecule has 2 fully saturated rings. The second-order valence-electron chi connectivity index (χ2n) is 8.33. The Kier molecular flexibility index (Phi) is 3.87. The molecule has 116 valence electrons. The molecule has 3 rings (SSSR count). The summed E-state index contributed by atoms with van der Waals surface area (Å²) in [6.07, 6.45) is 2.87. The first kappa shape index (κ1) is 15.1. The van der Waals surface area contributed by atoms with Crippen LogP contribution in [0.25, 0.3) is 0 Å². The molecule has 1 aromatic rings. The number of nitrogens with one attached hydrogen (secondary N) is 1. The highest BCUT2D eigenvalue weighted by Crippen LogP contribution is 2.37. The standard InChI is InChI=1S/C19H30N2/c1-18(2,3)17-12-20-19(4,16-8-6-5-7-9-16)14-21(17)13-15-10-11-15/h5-9,15,17,20H,10-14H2,1-4H3. The Labute approximate surface area is 129 Å². The molecule has 2 nitrogen and oxygen atoms in total. The lowest BCUT2D eigenvalue weighted by Crippen LogP contribution is -2.64. The predicted octanol–water partition coefficient (Wildman–Crippen LogP) is 3.63. The zero-order chi connectivity index (χ0) is 15.1. The van der Waals surface area contributed by atoms with Gasteiger partial charge in [0, 0.05) is 25.7 Å². The van der Waals surface area contributed by atoms with Crippen molar-refractivity contribution in [2.75, 3.05) is 19.6 Å². The summed E-state index contributed by atoms with van der Waals surface area (Å²) in [6.45, 7) is 13.0. The average Bonchev–Trinajstić information content (AvgIpc) is 3.22. The molecule has 0 aromatic heterocycles. The highest BCUT2D eigenvalue weighted by atomic mass is 15.3.